The van der Waals surface area contributed by atoms with Gasteiger partial charge < -0.3 is 10.5 Å². The van der Waals surface area contributed by atoms with Crippen molar-refractivity contribution >= 4 is 0 Å². The maximum absolute atomic E-state index is 5.59. The molecule has 19 heavy (non-hydrogen) atoms. The van der Waals surface area contributed by atoms with E-state index in [0.29, 0.717) is 6.54 Å². The van der Waals surface area contributed by atoms with Crippen molar-refractivity contribution in [2.24, 2.45) is 12.8 Å². The van der Waals surface area contributed by atoms with Crippen LogP contribution in [0.4, 0.5) is 0 Å². The first-order valence-electron chi connectivity index (χ1n) is 6.59. The van der Waals surface area contributed by atoms with E-state index in [4.69, 9.17) is 10.5 Å². The van der Waals surface area contributed by atoms with Crippen LogP contribution in [0.1, 0.15) is 18.2 Å². The van der Waals surface area contributed by atoms with Gasteiger partial charge in [-0.05, 0) is 36.7 Å². The Balaban J connectivity index is 2.50. The van der Waals surface area contributed by atoms with Crippen LogP contribution in [0.5, 0.6) is 5.75 Å². The minimum Gasteiger partial charge on any atom is -0.496 e. The summed E-state index contributed by atoms with van der Waals surface area (Å²) in [5.41, 5.74) is 10.0. The van der Waals surface area contributed by atoms with Gasteiger partial charge in [0.25, 0.3) is 0 Å². The Labute approximate surface area is 114 Å². The lowest BCUT2D eigenvalue weighted by molar-refractivity contribution is 0.416. The summed E-state index contributed by atoms with van der Waals surface area (Å²) in [4.78, 5) is 0. The molecule has 1 aromatic heterocycles. The molecule has 1 heterocycles. The van der Waals surface area contributed by atoms with Gasteiger partial charge in [0, 0.05) is 19.0 Å². The zero-order chi connectivity index (χ0) is 13.8. The molecule has 0 unspecified atom stereocenters. The Kier molecular flexibility index (Phi) is 4.22. The summed E-state index contributed by atoms with van der Waals surface area (Å²) >= 11 is 0. The van der Waals surface area contributed by atoms with E-state index in [0.717, 1.165) is 35.5 Å². The van der Waals surface area contributed by atoms with Crippen molar-refractivity contribution in [2.75, 3.05) is 13.7 Å². The average Bonchev–Trinajstić information content (AvgIpc) is 2.79. The van der Waals surface area contributed by atoms with Crippen LogP contribution in [0.3, 0.4) is 0 Å². The normalized spacial score (nSPS) is 10.7. The Morgan fingerprint density at radius 1 is 1.32 bits per heavy atom. The maximum Gasteiger partial charge on any atom is 0.128 e. The summed E-state index contributed by atoms with van der Waals surface area (Å²) in [5, 5.41) is 4.49. The van der Waals surface area contributed by atoms with Crippen molar-refractivity contribution in [1.29, 1.82) is 0 Å². The molecule has 2 aromatic rings. The quantitative estimate of drug-likeness (QED) is 0.895. The molecule has 0 radical (unpaired) electrons. The molecule has 0 fully saturated rings. The predicted octanol–water partition coefficient (Wildman–Crippen LogP) is 2.16. The first-order valence-corrected chi connectivity index (χ1v) is 6.59. The topological polar surface area (TPSA) is 53.1 Å². The molecule has 0 aliphatic heterocycles. The standard InChI is InChI=1S/C15H21N3O/c1-4-11-5-6-15(19-3)13(9-11)14-10-12(7-8-16)17-18(14)2/h5-6,9-10H,4,7-8,16H2,1-3H3. The Bertz CT molecular complexity index is 561. The zero-order valence-corrected chi connectivity index (χ0v) is 11.8. The SMILES string of the molecule is CCc1ccc(OC)c(-c2cc(CCN)nn2C)c1. The summed E-state index contributed by atoms with van der Waals surface area (Å²) in [6.07, 6.45) is 1.80. The van der Waals surface area contributed by atoms with Crippen LogP contribution in [-0.2, 0) is 19.9 Å². The first kappa shape index (κ1) is 13.6. The molecule has 102 valence electrons. The Morgan fingerprint density at radius 2 is 2.11 bits per heavy atom. The van der Waals surface area contributed by atoms with Gasteiger partial charge in [0.1, 0.15) is 5.75 Å². The fourth-order valence-corrected chi connectivity index (χ4v) is 2.22. The second kappa shape index (κ2) is 5.89. The first-order chi connectivity index (χ1) is 9.19. The largest absolute Gasteiger partial charge is 0.496 e. The highest BCUT2D eigenvalue weighted by atomic mass is 16.5. The fraction of sp³-hybridized carbons (Fsp3) is 0.400. The Hall–Kier alpha value is -1.81. The molecule has 0 spiro atoms. The predicted molar refractivity (Wildman–Crippen MR) is 77.3 cm³/mol. The van der Waals surface area contributed by atoms with Gasteiger partial charge in [-0.3, -0.25) is 4.68 Å². The van der Waals surface area contributed by atoms with E-state index >= 15 is 0 Å². The van der Waals surface area contributed by atoms with E-state index in [1.165, 1.54) is 5.56 Å². The third-order valence-corrected chi connectivity index (χ3v) is 3.28. The summed E-state index contributed by atoms with van der Waals surface area (Å²) in [6.45, 7) is 2.76. The summed E-state index contributed by atoms with van der Waals surface area (Å²) in [6, 6.07) is 8.37. The van der Waals surface area contributed by atoms with Crippen molar-refractivity contribution in [3.8, 4) is 17.0 Å². The number of nitrogens with two attached hydrogens (primary N) is 1. The van der Waals surface area contributed by atoms with Crippen molar-refractivity contribution in [3.63, 3.8) is 0 Å². The van der Waals surface area contributed by atoms with Gasteiger partial charge in [-0.25, -0.2) is 0 Å². The number of nitrogens with zero attached hydrogens (tertiary/aromatic N) is 2. The Morgan fingerprint density at radius 3 is 2.74 bits per heavy atom. The summed E-state index contributed by atoms with van der Waals surface area (Å²) in [5.74, 6) is 0.875. The van der Waals surface area contributed by atoms with Crippen LogP contribution < -0.4 is 10.5 Å². The van der Waals surface area contributed by atoms with Crippen molar-refractivity contribution in [3.05, 3.63) is 35.5 Å². The zero-order valence-electron chi connectivity index (χ0n) is 11.8. The van der Waals surface area contributed by atoms with Gasteiger partial charge in [0.15, 0.2) is 0 Å². The molecule has 0 saturated heterocycles. The lowest BCUT2D eigenvalue weighted by Crippen LogP contribution is -2.03. The summed E-state index contributed by atoms with van der Waals surface area (Å²) < 4.78 is 7.35. The number of hydrogen-bond acceptors (Lipinski definition) is 3. The van der Waals surface area contributed by atoms with Gasteiger partial charge in [-0.1, -0.05) is 13.0 Å². The number of benzene rings is 1. The van der Waals surface area contributed by atoms with Gasteiger partial charge in [0.05, 0.1) is 18.5 Å². The molecule has 2 rings (SSSR count). The highest BCUT2D eigenvalue weighted by Gasteiger charge is 2.12. The lowest BCUT2D eigenvalue weighted by atomic mass is 10.0. The van der Waals surface area contributed by atoms with Crippen LogP contribution in [0.25, 0.3) is 11.3 Å². The minimum absolute atomic E-state index is 0.614. The van der Waals surface area contributed by atoms with Gasteiger partial charge in [-0.2, -0.15) is 5.10 Å². The molecular weight excluding hydrogens is 238 g/mol. The van der Waals surface area contributed by atoms with E-state index in [1.807, 2.05) is 17.8 Å². The molecule has 4 heteroatoms. The van der Waals surface area contributed by atoms with Crippen LogP contribution in [-0.4, -0.2) is 23.4 Å². The van der Waals surface area contributed by atoms with Crippen LogP contribution in [0.15, 0.2) is 24.3 Å². The smallest absolute Gasteiger partial charge is 0.128 e. The van der Waals surface area contributed by atoms with E-state index in [2.05, 4.69) is 30.2 Å². The van der Waals surface area contributed by atoms with E-state index in [1.54, 1.807) is 7.11 Å². The van der Waals surface area contributed by atoms with E-state index < -0.39 is 0 Å². The van der Waals surface area contributed by atoms with Crippen LogP contribution in [0.2, 0.25) is 0 Å². The fourth-order valence-electron chi connectivity index (χ4n) is 2.22. The summed E-state index contributed by atoms with van der Waals surface area (Å²) in [7, 11) is 3.65. The van der Waals surface area contributed by atoms with E-state index in [-0.39, 0.29) is 0 Å². The van der Waals surface area contributed by atoms with Gasteiger partial charge in [0.2, 0.25) is 0 Å². The number of aryl methyl sites for hydroxylation is 2. The third kappa shape index (κ3) is 2.79. The van der Waals surface area contributed by atoms with Gasteiger partial charge >= 0.3 is 0 Å². The average molecular weight is 259 g/mol. The van der Waals surface area contributed by atoms with Crippen molar-refractivity contribution in [2.45, 2.75) is 19.8 Å². The molecule has 4 nitrogen and oxygen atoms in total. The highest BCUT2D eigenvalue weighted by Crippen LogP contribution is 2.31. The maximum atomic E-state index is 5.59. The number of hydrogen-bond donors (Lipinski definition) is 1. The molecule has 0 aliphatic carbocycles. The minimum atomic E-state index is 0.614. The molecule has 0 bridgehead atoms. The number of aromatic nitrogens is 2. The number of ether oxygens (including phenoxy) is 1. The van der Waals surface area contributed by atoms with Crippen molar-refractivity contribution < 1.29 is 4.74 Å². The van der Waals surface area contributed by atoms with E-state index in [9.17, 15) is 0 Å². The monoisotopic (exact) mass is 259 g/mol. The highest BCUT2D eigenvalue weighted by molar-refractivity contribution is 5.68. The molecule has 0 aliphatic rings. The molecule has 0 atom stereocenters. The second-order valence-electron chi connectivity index (χ2n) is 4.57. The van der Waals surface area contributed by atoms with Crippen molar-refractivity contribution in [1.82, 2.24) is 9.78 Å². The molecule has 1 aromatic carbocycles. The van der Waals surface area contributed by atoms with Gasteiger partial charge in [-0.15, -0.1) is 0 Å². The molecule has 2 N–H and O–H groups in total. The van der Waals surface area contributed by atoms with Crippen LogP contribution in [0, 0.1) is 0 Å². The molecule has 0 saturated carbocycles. The third-order valence-electron chi connectivity index (χ3n) is 3.28. The number of methoxy groups -OCH3 is 1. The molecular formula is C15H21N3O. The van der Waals surface area contributed by atoms with Crippen LogP contribution >= 0.6 is 0 Å². The second-order valence-corrected chi connectivity index (χ2v) is 4.57. The molecule has 0 amide bonds. The number of rotatable bonds is 5. The lowest BCUT2D eigenvalue weighted by Gasteiger charge is -2.10.